The highest BCUT2D eigenvalue weighted by molar-refractivity contribution is 5.92. The van der Waals surface area contributed by atoms with E-state index < -0.39 is 0 Å². The molecule has 0 unspecified atom stereocenters. The van der Waals surface area contributed by atoms with E-state index in [1.54, 1.807) is 17.0 Å². The molecule has 0 aliphatic rings. The van der Waals surface area contributed by atoms with Gasteiger partial charge in [0.15, 0.2) is 0 Å². The van der Waals surface area contributed by atoms with E-state index in [9.17, 15) is 4.79 Å². The minimum Gasteiger partial charge on any atom is -0.395 e. The van der Waals surface area contributed by atoms with Crippen LogP contribution in [-0.2, 0) is 0 Å². The summed E-state index contributed by atoms with van der Waals surface area (Å²) in [5, 5.41) is 17.7. The van der Waals surface area contributed by atoms with Crippen LogP contribution in [-0.4, -0.2) is 40.6 Å². The fraction of sp³-hybridized carbons (Fsp3) is 0.500. The predicted octanol–water partition coefficient (Wildman–Crippen LogP) is 1.58. The van der Waals surface area contributed by atoms with E-state index in [2.05, 4.69) is 11.9 Å². The van der Waals surface area contributed by atoms with Gasteiger partial charge in [0.1, 0.15) is 11.8 Å². The highest BCUT2D eigenvalue weighted by Gasteiger charge is 2.15. The lowest BCUT2D eigenvalue weighted by molar-refractivity contribution is 0.0712. The van der Waals surface area contributed by atoms with Gasteiger partial charge in [-0.25, -0.2) is 4.98 Å². The zero-order chi connectivity index (χ0) is 14.1. The van der Waals surface area contributed by atoms with Gasteiger partial charge in [0, 0.05) is 19.3 Å². The summed E-state index contributed by atoms with van der Waals surface area (Å²) in [6, 6.07) is 5.08. The number of aromatic nitrogens is 1. The van der Waals surface area contributed by atoms with Crippen molar-refractivity contribution in [2.45, 2.75) is 26.2 Å². The smallest absolute Gasteiger partial charge is 0.272 e. The number of aliphatic hydroxyl groups excluding tert-OH is 1. The molecule has 0 radical (unpaired) electrons. The average Bonchev–Trinajstić information content (AvgIpc) is 2.46. The minimum atomic E-state index is -0.199. The van der Waals surface area contributed by atoms with Crippen LogP contribution in [0.2, 0.25) is 0 Å². The van der Waals surface area contributed by atoms with Crippen LogP contribution in [0.5, 0.6) is 0 Å². The summed E-state index contributed by atoms with van der Waals surface area (Å²) >= 11 is 0. The highest BCUT2D eigenvalue weighted by Crippen LogP contribution is 2.06. The SMILES string of the molecule is CCCCCN(CCO)C(=O)c1ccc(C#N)cn1. The van der Waals surface area contributed by atoms with Gasteiger partial charge in [0.05, 0.1) is 12.2 Å². The first-order valence-corrected chi connectivity index (χ1v) is 6.49. The third-order valence-electron chi connectivity index (χ3n) is 2.80. The van der Waals surface area contributed by atoms with Crippen molar-refractivity contribution in [3.63, 3.8) is 0 Å². The Kier molecular flexibility index (Phi) is 6.55. The molecule has 0 atom stereocenters. The Morgan fingerprint density at radius 2 is 2.21 bits per heavy atom. The van der Waals surface area contributed by atoms with E-state index in [0.29, 0.717) is 24.3 Å². The number of pyridine rings is 1. The number of unbranched alkanes of at least 4 members (excludes halogenated alkanes) is 2. The zero-order valence-corrected chi connectivity index (χ0v) is 11.2. The zero-order valence-electron chi connectivity index (χ0n) is 11.2. The van der Waals surface area contributed by atoms with Crippen molar-refractivity contribution < 1.29 is 9.90 Å². The second-order valence-electron chi connectivity index (χ2n) is 4.27. The Morgan fingerprint density at radius 3 is 2.74 bits per heavy atom. The number of carbonyl (C=O) groups excluding carboxylic acids is 1. The van der Waals surface area contributed by atoms with Crippen molar-refractivity contribution in [2.24, 2.45) is 0 Å². The number of carbonyl (C=O) groups is 1. The molecule has 1 aromatic heterocycles. The molecule has 1 rings (SSSR count). The van der Waals surface area contributed by atoms with E-state index in [1.807, 2.05) is 6.07 Å². The van der Waals surface area contributed by atoms with Crippen LogP contribution < -0.4 is 0 Å². The molecule has 0 aliphatic heterocycles. The Bertz CT molecular complexity index is 437. The molecule has 0 saturated heterocycles. The number of nitriles is 1. The van der Waals surface area contributed by atoms with E-state index in [-0.39, 0.29) is 12.5 Å². The summed E-state index contributed by atoms with van der Waals surface area (Å²) < 4.78 is 0. The van der Waals surface area contributed by atoms with Gasteiger partial charge in [-0.3, -0.25) is 4.79 Å². The van der Waals surface area contributed by atoms with Crippen LogP contribution in [0.3, 0.4) is 0 Å². The lowest BCUT2D eigenvalue weighted by atomic mass is 10.2. The first-order chi connectivity index (χ1) is 9.22. The first kappa shape index (κ1) is 15.1. The standard InChI is InChI=1S/C14H19N3O2/c1-2-3-4-7-17(8-9-18)14(19)13-6-5-12(10-15)11-16-13/h5-6,11,18H,2-4,7-9H2,1H3. The van der Waals surface area contributed by atoms with Gasteiger partial charge in [-0.1, -0.05) is 19.8 Å². The molecule has 1 N–H and O–H groups in total. The van der Waals surface area contributed by atoms with E-state index in [1.165, 1.54) is 6.20 Å². The molecule has 1 amide bonds. The second-order valence-corrected chi connectivity index (χ2v) is 4.27. The Morgan fingerprint density at radius 1 is 1.42 bits per heavy atom. The number of nitrogens with zero attached hydrogens (tertiary/aromatic N) is 3. The molecule has 0 aliphatic carbocycles. The Labute approximate surface area is 113 Å². The maximum atomic E-state index is 12.2. The number of aliphatic hydroxyl groups is 1. The van der Waals surface area contributed by atoms with Gasteiger partial charge in [-0.2, -0.15) is 5.26 Å². The second kappa shape index (κ2) is 8.22. The van der Waals surface area contributed by atoms with Crippen LogP contribution in [0, 0.1) is 11.3 Å². The summed E-state index contributed by atoms with van der Waals surface area (Å²) in [7, 11) is 0. The first-order valence-electron chi connectivity index (χ1n) is 6.49. The van der Waals surface area contributed by atoms with Crippen molar-refractivity contribution in [1.82, 2.24) is 9.88 Å². The molecule has 1 heterocycles. The number of hydrogen-bond acceptors (Lipinski definition) is 4. The molecule has 0 fully saturated rings. The summed E-state index contributed by atoms with van der Waals surface area (Å²) in [4.78, 5) is 17.8. The molecule has 0 aromatic carbocycles. The van der Waals surface area contributed by atoms with Crippen LogP contribution in [0.4, 0.5) is 0 Å². The quantitative estimate of drug-likeness (QED) is 0.756. The molecule has 5 nitrogen and oxygen atoms in total. The fourth-order valence-electron chi connectivity index (χ4n) is 1.74. The summed E-state index contributed by atoms with van der Waals surface area (Å²) in [5.41, 5.74) is 0.736. The molecule has 1 aromatic rings. The van der Waals surface area contributed by atoms with Crippen LogP contribution in [0.25, 0.3) is 0 Å². The summed E-state index contributed by atoms with van der Waals surface area (Å²) in [6.45, 7) is 2.97. The van der Waals surface area contributed by atoms with E-state index >= 15 is 0 Å². The lowest BCUT2D eigenvalue weighted by Gasteiger charge is -2.21. The summed E-state index contributed by atoms with van der Waals surface area (Å²) in [5.74, 6) is -0.199. The van der Waals surface area contributed by atoms with Crippen LogP contribution in [0.15, 0.2) is 18.3 Å². The van der Waals surface area contributed by atoms with Crippen molar-refractivity contribution in [3.05, 3.63) is 29.6 Å². The molecule has 0 spiro atoms. The van der Waals surface area contributed by atoms with Crippen molar-refractivity contribution in [2.75, 3.05) is 19.7 Å². The molecule has 19 heavy (non-hydrogen) atoms. The topological polar surface area (TPSA) is 77.2 Å². The van der Waals surface area contributed by atoms with Crippen molar-refractivity contribution >= 4 is 5.91 Å². The Balaban J connectivity index is 2.71. The van der Waals surface area contributed by atoms with Gasteiger partial charge in [-0.05, 0) is 18.6 Å². The lowest BCUT2D eigenvalue weighted by Crippen LogP contribution is -2.35. The molecule has 102 valence electrons. The third-order valence-corrected chi connectivity index (χ3v) is 2.80. The van der Waals surface area contributed by atoms with Gasteiger partial charge < -0.3 is 10.0 Å². The minimum absolute atomic E-state index is 0.0614. The van der Waals surface area contributed by atoms with Gasteiger partial charge >= 0.3 is 0 Å². The van der Waals surface area contributed by atoms with E-state index in [0.717, 1.165) is 19.3 Å². The van der Waals surface area contributed by atoms with E-state index in [4.69, 9.17) is 10.4 Å². The van der Waals surface area contributed by atoms with Gasteiger partial charge in [0.2, 0.25) is 0 Å². The number of amides is 1. The Hall–Kier alpha value is -1.93. The monoisotopic (exact) mass is 261 g/mol. The molecule has 5 heteroatoms. The number of rotatable bonds is 7. The third kappa shape index (κ3) is 4.68. The summed E-state index contributed by atoms with van der Waals surface area (Å²) in [6.07, 6.45) is 4.43. The average molecular weight is 261 g/mol. The van der Waals surface area contributed by atoms with Crippen molar-refractivity contribution in [3.8, 4) is 6.07 Å². The fourth-order valence-corrected chi connectivity index (χ4v) is 1.74. The van der Waals surface area contributed by atoms with Crippen molar-refractivity contribution in [1.29, 1.82) is 5.26 Å². The van der Waals surface area contributed by atoms with Crippen LogP contribution in [0.1, 0.15) is 42.2 Å². The molecular formula is C14H19N3O2. The van der Waals surface area contributed by atoms with Crippen LogP contribution >= 0.6 is 0 Å². The maximum Gasteiger partial charge on any atom is 0.272 e. The normalized spacial score (nSPS) is 9.95. The van der Waals surface area contributed by atoms with Gasteiger partial charge in [-0.15, -0.1) is 0 Å². The molecular weight excluding hydrogens is 242 g/mol. The highest BCUT2D eigenvalue weighted by atomic mass is 16.3. The number of hydrogen-bond donors (Lipinski definition) is 1. The molecule has 0 bridgehead atoms. The van der Waals surface area contributed by atoms with Gasteiger partial charge in [0.25, 0.3) is 5.91 Å². The largest absolute Gasteiger partial charge is 0.395 e. The molecule has 0 saturated carbocycles. The predicted molar refractivity (Wildman–Crippen MR) is 71.5 cm³/mol. The maximum absolute atomic E-state index is 12.2.